The van der Waals surface area contributed by atoms with E-state index in [0.717, 1.165) is 5.56 Å². The average molecular weight is 264 g/mol. The van der Waals surface area contributed by atoms with Crippen LogP contribution in [0.5, 0.6) is 0 Å². The molecule has 4 N–H and O–H groups in total. The molecule has 104 valence electrons. The molecule has 0 amide bonds. The Balaban J connectivity index is 0.000000637. The highest BCUT2D eigenvalue weighted by atomic mass is 16.3. The first kappa shape index (κ1) is 13.8. The number of hydrogen-bond acceptors (Lipinski definition) is 4. The summed E-state index contributed by atoms with van der Waals surface area (Å²) in [5.41, 5.74) is 1.74. The molecule has 2 aromatic heterocycles. The Morgan fingerprint density at radius 1 is 1.37 bits per heavy atom. The number of H-pyrrole nitrogens is 2. The normalized spacial score (nSPS) is 26.2. The third-order valence-corrected chi connectivity index (χ3v) is 3.28. The van der Waals surface area contributed by atoms with Crippen molar-refractivity contribution in [3.05, 3.63) is 28.4 Å². The summed E-state index contributed by atoms with van der Waals surface area (Å²) in [6.45, 7) is 6.03. The van der Waals surface area contributed by atoms with E-state index in [2.05, 4.69) is 20.3 Å². The van der Waals surface area contributed by atoms with Crippen molar-refractivity contribution in [1.82, 2.24) is 20.3 Å². The molecular weight excluding hydrogens is 244 g/mol. The van der Waals surface area contributed by atoms with Crippen LogP contribution in [0.25, 0.3) is 11.0 Å². The molecule has 1 fully saturated rings. The first-order chi connectivity index (χ1) is 9.16. The van der Waals surface area contributed by atoms with Gasteiger partial charge in [-0.25, -0.2) is 4.98 Å². The van der Waals surface area contributed by atoms with Gasteiger partial charge in [-0.2, -0.15) is 0 Å². The van der Waals surface area contributed by atoms with E-state index >= 15 is 0 Å². The molecule has 0 aliphatic carbocycles. The van der Waals surface area contributed by atoms with Gasteiger partial charge in [0.1, 0.15) is 11.0 Å². The summed E-state index contributed by atoms with van der Waals surface area (Å²) in [7, 11) is 0. The van der Waals surface area contributed by atoms with Crippen LogP contribution in [0.1, 0.15) is 38.8 Å². The second-order valence-corrected chi connectivity index (χ2v) is 4.55. The van der Waals surface area contributed by atoms with Gasteiger partial charge in [-0.1, -0.05) is 13.8 Å². The van der Waals surface area contributed by atoms with E-state index in [0.29, 0.717) is 17.5 Å². The fraction of sp³-hybridized carbons (Fsp3) is 0.538. The molecule has 0 aromatic carbocycles. The van der Waals surface area contributed by atoms with Gasteiger partial charge in [0.2, 0.25) is 0 Å². The second kappa shape index (κ2) is 5.54. The molecule has 6 heteroatoms. The van der Waals surface area contributed by atoms with E-state index < -0.39 is 6.10 Å². The SMILES string of the molecule is CC.C[C@@H]1C[C@@H](O)[C@H](c2c[nH]c3c(=O)[nH]cnc23)N1. The molecule has 3 atom stereocenters. The third-order valence-electron chi connectivity index (χ3n) is 3.28. The van der Waals surface area contributed by atoms with Gasteiger partial charge in [0.05, 0.1) is 18.5 Å². The van der Waals surface area contributed by atoms with Gasteiger partial charge in [0.25, 0.3) is 5.56 Å². The zero-order chi connectivity index (χ0) is 14.0. The number of aliphatic hydroxyl groups excluding tert-OH is 1. The molecule has 1 aliphatic heterocycles. The zero-order valence-electron chi connectivity index (χ0n) is 11.4. The van der Waals surface area contributed by atoms with Gasteiger partial charge in [0, 0.05) is 17.8 Å². The lowest BCUT2D eigenvalue weighted by molar-refractivity contribution is 0.159. The minimum Gasteiger partial charge on any atom is -0.391 e. The average Bonchev–Trinajstić information content (AvgIpc) is 2.96. The van der Waals surface area contributed by atoms with Crippen LogP contribution < -0.4 is 10.9 Å². The second-order valence-electron chi connectivity index (χ2n) is 4.55. The van der Waals surface area contributed by atoms with Gasteiger partial charge in [-0.15, -0.1) is 0 Å². The lowest BCUT2D eigenvalue weighted by atomic mass is 10.0. The van der Waals surface area contributed by atoms with Gasteiger partial charge < -0.3 is 20.4 Å². The predicted octanol–water partition coefficient (Wildman–Crippen LogP) is 1.06. The van der Waals surface area contributed by atoms with Crippen LogP contribution in [0.3, 0.4) is 0 Å². The summed E-state index contributed by atoms with van der Waals surface area (Å²) in [4.78, 5) is 21.1. The molecule has 0 bridgehead atoms. The molecule has 19 heavy (non-hydrogen) atoms. The maximum absolute atomic E-state index is 11.5. The number of aromatic nitrogens is 3. The Morgan fingerprint density at radius 3 is 2.74 bits per heavy atom. The highest BCUT2D eigenvalue weighted by Gasteiger charge is 2.32. The summed E-state index contributed by atoms with van der Waals surface area (Å²) in [5.74, 6) is 0. The minimum atomic E-state index is -0.440. The third kappa shape index (κ3) is 2.41. The molecule has 3 heterocycles. The van der Waals surface area contributed by atoms with Crippen molar-refractivity contribution in [2.45, 2.75) is 45.4 Å². The molecule has 1 saturated heterocycles. The topological polar surface area (TPSA) is 93.8 Å². The highest BCUT2D eigenvalue weighted by Crippen LogP contribution is 2.29. The molecule has 3 rings (SSSR count). The van der Waals surface area contributed by atoms with Gasteiger partial charge in [-0.3, -0.25) is 4.79 Å². The Bertz CT molecular complexity index is 604. The first-order valence-electron chi connectivity index (χ1n) is 6.65. The smallest absolute Gasteiger partial charge is 0.275 e. The Labute approximate surface area is 111 Å². The molecule has 0 saturated carbocycles. The van der Waals surface area contributed by atoms with Crippen molar-refractivity contribution in [2.24, 2.45) is 0 Å². The van der Waals surface area contributed by atoms with Crippen LogP contribution in [0.4, 0.5) is 0 Å². The van der Waals surface area contributed by atoms with Crippen LogP contribution in [-0.4, -0.2) is 32.2 Å². The van der Waals surface area contributed by atoms with Crippen molar-refractivity contribution in [3.63, 3.8) is 0 Å². The number of fused-ring (bicyclic) bond motifs is 1. The predicted molar refractivity (Wildman–Crippen MR) is 74.0 cm³/mol. The van der Waals surface area contributed by atoms with Crippen molar-refractivity contribution >= 4 is 11.0 Å². The van der Waals surface area contributed by atoms with E-state index in [-0.39, 0.29) is 17.6 Å². The standard InChI is InChI=1S/C11H14N4O2.C2H6/c1-5-2-7(16)8(15-5)6-3-12-10-9(6)13-4-14-11(10)17;1-2/h3-5,7-8,12,15-16H,2H2,1H3,(H,13,14,17);1-2H3/t5-,7-,8+;/m1./s1. The quantitative estimate of drug-likeness (QED) is 0.619. The van der Waals surface area contributed by atoms with E-state index in [1.54, 1.807) is 6.20 Å². The van der Waals surface area contributed by atoms with Crippen LogP contribution in [0.15, 0.2) is 17.3 Å². The Morgan fingerprint density at radius 2 is 2.11 bits per heavy atom. The van der Waals surface area contributed by atoms with Crippen molar-refractivity contribution in [2.75, 3.05) is 0 Å². The monoisotopic (exact) mass is 264 g/mol. The molecule has 0 spiro atoms. The largest absolute Gasteiger partial charge is 0.391 e. The summed E-state index contributed by atoms with van der Waals surface area (Å²) in [6, 6.07) is 0.106. The van der Waals surface area contributed by atoms with Crippen molar-refractivity contribution in [3.8, 4) is 0 Å². The number of hydrogen-bond donors (Lipinski definition) is 4. The van der Waals surface area contributed by atoms with Crippen LogP contribution in [-0.2, 0) is 0 Å². The van der Waals surface area contributed by atoms with E-state index in [1.165, 1.54) is 6.33 Å². The Hall–Kier alpha value is -1.66. The van der Waals surface area contributed by atoms with Crippen LogP contribution >= 0.6 is 0 Å². The van der Waals surface area contributed by atoms with Gasteiger partial charge in [-0.05, 0) is 13.3 Å². The molecule has 2 aromatic rings. The zero-order valence-corrected chi connectivity index (χ0v) is 11.4. The fourth-order valence-electron chi connectivity index (χ4n) is 2.49. The summed E-state index contributed by atoms with van der Waals surface area (Å²) in [6.07, 6.45) is 3.39. The van der Waals surface area contributed by atoms with Crippen molar-refractivity contribution < 1.29 is 5.11 Å². The lowest BCUT2D eigenvalue weighted by Crippen LogP contribution is -2.24. The van der Waals surface area contributed by atoms with Crippen LogP contribution in [0, 0.1) is 0 Å². The fourth-order valence-corrected chi connectivity index (χ4v) is 2.49. The lowest BCUT2D eigenvalue weighted by Gasteiger charge is -2.13. The maximum Gasteiger partial charge on any atom is 0.275 e. The maximum atomic E-state index is 11.5. The summed E-state index contributed by atoms with van der Waals surface area (Å²) < 4.78 is 0. The first-order valence-corrected chi connectivity index (χ1v) is 6.65. The number of nitrogens with zero attached hydrogens (tertiary/aromatic N) is 1. The Kier molecular flexibility index (Phi) is 4.01. The number of nitrogens with one attached hydrogen (secondary N) is 3. The van der Waals surface area contributed by atoms with Gasteiger partial charge in [0.15, 0.2) is 0 Å². The number of rotatable bonds is 1. The van der Waals surface area contributed by atoms with E-state index in [9.17, 15) is 9.90 Å². The molecule has 6 nitrogen and oxygen atoms in total. The van der Waals surface area contributed by atoms with E-state index in [1.807, 2.05) is 20.8 Å². The van der Waals surface area contributed by atoms with Crippen LogP contribution in [0.2, 0.25) is 0 Å². The number of aliphatic hydroxyl groups is 1. The molecule has 1 aliphatic rings. The summed E-state index contributed by atoms with van der Waals surface area (Å²) >= 11 is 0. The van der Waals surface area contributed by atoms with E-state index in [4.69, 9.17) is 0 Å². The summed E-state index contributed by atoms with van der Waals surface area (Å²) in [5, 5.41) is 13.3. The molecule has 0 unspecified atom stereocenters. The molecular formula is C13H20N4O2. The number of aromatic amines is 2. The van der Waals surface area contributed by atoms with Crippen molar-refractivity contribution in [1.29, 1.82) is 0 Å². The minimum absolute atomic E-state index is 0.159. The van der Waals surface area contributed by atoms with Gasteiger partial charge >= 0.3 is 0 Å². The molecule has 0 radical (unpaired) electrons. The highest BCUT2D eigenvalue weighted by molar-refractivity contribution is 5.78.